The van der Waals surface area contributed by atoms with Gasteiger partial charge in [0.25, 0.3) is 0 Å². The Morgan fingerprint density at radius 3 is 2.18 bits per heavy atom. The van der Waals surface area contributed by atoms with Crippen LogP contribution in [-0.4, -0.2) is 63.4 Å². The van der Waals surface area contributed by atoms with Gasteiger partial charge in [-0.1, -0.05) is 57.1 Å². The molecule has 12 heteroatoms. The van der Waals surface area contributed by atoms with E-state index in [4.69, 9.17) is 5.73 Å². The van der Waals surface area contributed by atoms with Crippen molar-refractivity contribution in [3.8, 4) is 0 Å². The van der Waals surface area contributed by atoms with Crippen LogP contribution in [0.3, 0.4) is 0 Å². The molecule has 44 heavy (non-hydrogen) atoms. The highest BCUT2D eigenvalue weighted by Gasteiger charge is 2.47. The zero-order chi connectivity index (χ0) is 31.1. The quantitative estimate of drug-likeness (QED) is 0.350. The first-order valence-electron chi connectivity index (χ1n) is 16.1. The highest BCUT2D eigenvalue weighted by atomic mass is 19.4. The minimum absolute atomic E-state index is 0.0426. The molecule has 2 aromatic rings. The van der Waals surface area contributed by atoms with Gasteiger partial charge in [0.2, 0.25) is 5.91 Å². The summed E-state index contributed by atoms with van der Waals surface area (Å²) in [6.45, 7) is 1.52. The number of halogens is 4. The fourth-order valence-corrected chi connectivity index (χ4v) is 7.09. The second kappa shape index (κ2) is 15.1. The van der Waals surface area contributed by atoms with E-state index < -0.39 is 36.2 Å². The molecule has 2 saturated heterocycles. The molecule has 1 aromatic heterocycles. The van der Waals surface area contributed by atoms with Crippen LogP contribution in [0, 0.1) is 0 Å². The van der Waals surface area contributed by atoms with Crippen molar-refractivity contribution in [2.45, 2.75) is 120 Å². The molecule has 0 bridgehead atoms. The van der Waals surface area contributed by atoms with Gasteiger partial charge in [-0.3, -0.25) is 25.2 Å². The molecule has 1 aliphatic carbocycles. The number of rotatable bonds is 8. The first-order chi connectivity index (χ1) is 21.2. The number of nitrogens with one attached hydrogen (secondary N) is 2. The lowest BCUT2D eigenvalue weighted by Gasteiger charge is -2.51. The first-order valence-corrected chi connectivity index (χ1v) is 16.1. The second-order valence-corrected chi connectivity index (χ2v) is 12.5. The van der Waals surface area contributed by atoms with Crippen molar-refractivity contribution in [2.24, 2.45) is 5.73 Å². The van der Waals surface area contributed by atoms with Crippen molar-refractivity contribution in [3.63, 3.8) is 0 Å². The van der Waals surface area contributed by atoms with Crippen LogP contribution >= 0.6 is 0 Å². The van der Waals surface area contributed by atoms with Gasteiger partial charge in [-0.2, -0.15) is 13.2 Å². The van der Waals surface area contributed by atoms with Crippen LogP contribution in [0.2, 0.25) is 0 Å². The molecular formula is C32H45F4N7O. The van der Waals surface area contributed by atoms with Gasteiger partial charge in [-0.05, 0) is 43.4 Å². The standard InChI is InChI=1S/C32H45F4N7O/c33-29-30(40-20-22-18-38-28(39-19-22)17-27(37)44)41-21-43(25-9-6-4-2-1-3-5-7-10-25)31(29)42-16-8-11-26(42)23-12-14-24(15-13-23)32(34,35)36/h12-15,18-19,25-26,29-31,40-41H,1-11,16-17,20-21H2,(H2,37,44). The molecule has 0 radical (unpaired) electrons. The molecule has 1 saturated carbocycles. The number of carbonyl (C=O) groups excluding carboxylic acids is 1. The summed E-state index contributed by atoms with van der Waals surface area (Å²) >= 11 is 0. The smallest absolute Gasteiger partial charge is 0.369 e. The molecule has 4 unspecified atom stereocenters. The monoisotopic (exact) mass is 619 g/mol. The summed E-state index contributed by atoms with van der Waals surface area (Å²) in [6.07, 6.45) is 8.31. The minimum Gasteiger partial charge on any atom is -0.369 e. The van der Waals surface area contributed by atoms with Gasteiger partial charge < -0.3 is 5.73 Å². The average Bonchev–Trinajstić information content (AvgIpc) is 3.49. The van der Waals surface area contributed by atoms with Crippen LogP contribution in [0.1, 0.15) is 99.2 Å². The van der Waals surface area contributed by atoms with Crippen LogP contribution in [0.5, 0.6) is 0 Å². The maximum absolute atomic E-state index is 16.9. The lowest BCUT2D eigenvalue weighted by Crippen LogP contribution is -2.70. The van der Waals surface area contributed by atoms with Crippen LogP contribution in [0.25, 0.3) is 0 Å². The lowest BCUT2D eigenvalue weighted by atomic mass is 9.94. The average molecular weight is 620 g/mol. The largest absolute Gasteiger partial charge is 0.416 e. The van der Waals surface area contributed by atoms with E-state index in [1.54, 1.807) is 24.5 Å². The van der Waals surface area contributed by atoms with Gasteiger partial charge in [0, 0.05) is 43.1 Å². The summed E-state index contributed by atoms with van der Waals surface area (Å²) in [7, 11) is 0. The number of primary amides is 1. The molecule has 4 atom stereocenters. The van der Waals surface area contributed by atoms with Crippen molar-refractivity contribution in [3.05, 3.63) is 59.2 Å². The van der Waals surface area contributed by atoms with E-state index in [0.29, 0.717) is 25.6 Å². The van der Waals surface area contributed by atoms with Gasteiger partial charge in [-0.15, -0.1) is 0 Å². The molecule has 4 N–H and O–H groups in total. The lowest BCUT2D eigenvalue weighted by molar-refractivity contribution is -0.137. The van der Waals surface area contributed by atoms with E-state index in [9.17, 15) is 18.0 Å². The maximum atomic E-state index is 16.9. The highest BCUT2D eigenvalue weighted by molar-refractivity contribution is 5.75. The molecule has 3 aliphatic rings. The highest BCUT2D eigenvalue weighted by Crippen LogP contribution is 2.39. The number of benzene rings is 1. The number of aromatic nitrogens is 2. The van der Waals surface area contributed by atoms with E-state index in [1.165, 1.54) is 32.1 Å². The summed E-state index contributed by atoms with van der Waals surface area (Å²) in [5.74, 6) is -0.171. The number of hydrogen-bond acceptors (Lipinski definition) is 7. The number of hydrogen-bond donors (Lipinski definition) is 3. The number of amides is 1. The van der Waals surface area contributed by atoms with Crippen molar-refractivity contribution in [1.82, 2.24) is 30.4 Å². The zero-order valence-corrected chi connectivity index (χ0v) is 25.2. The Bertz CT molecular complexity index is 1190. The number of nitrogens with two attached hydrogens (primary N) is 1. The molecule has 2 aliphatic heterocycles. The number of alkyl halides is 4. The fourth-order valence-electron chi connectivity index (χ4n) is 7.09. The molecule has 8 nitrogen and oxygen atoms in total. The Morgan fingerprint density at radius 2 is 1.57 bits per heavy atom. The second-order valence-electron chi connectivity index (χ2n) is 12.5. The van der Waals surface area contributed by atoms with E-state index in [2.05, 4.69) is 30.4 Å². The third-order valence-electron chi connectivity index (χ3n) is 9.35. The predicted molar refractivity (Wildman–Crippen MR) is 160 cm³/mol. The summed E-state index contributed by atoms with van der Waals surface area (Å²) in [6, 6.07) is 5.47. The van der Waals surface area contributed by atoms with E-state index >= 15 is 4.39 Å². The van der Waals surface area contributed by atoms with E-state index in [0.717, 1.165) is 61.8 Å². The number of nitrogens with zero attached hydrogens (tertiary/aromatic N) is 4. The summed E-state index contributed by atoms with van der Waals surface area (Å²) in [4.78, 5) is 24.1. The number of likely N-dealkylation sites (tertiary alicyclic amines) is 1. The molecule has 5 rings (SSSR count). The van der Waals surface area contributed by atoms with Gasteiger partial charge in [0.15, 0.2) is 6.17 Å². The van der Waals surface area contributed by atoms with Crippen LogP contribution < -0.4 is 16.4 Å². The first kappa shape index (κ1) is 32.7. The van der Waals surface area contributed by atoms with Crippen molar-refractivity contribution in [2.75, 3.05) is 13.2 Å². The fraction of sp³-hybridized carbons (Fsp3) is 0.656. The van der Waals surface area contributed by atoms with Gasteiger partial charge >= 0.3 is 6.18 Å². The molecule has 1 aromatic carbocycles. The van der Waals surface area contributed by atoms with Crippen molar-refractivity contribution >= 4 is 5.91 Å². The van der Waals surface area contributed by atoms with Crippen LogP contribution in [-0.2, 0) is 23.9 Å². The molecule has 3 fully saturated rings. The summed E-state index contributed by atoms with van der Waals surface area (Å²) < 4.78 is 56.7. The maximum Gasteiger partial charge on any atom is 0.416 e. The van der Waals surface area contributed by atoms with Gasteiger partial charge in [-0.25, -0.2) is 14.4 Å². The van der Waals surface area contributed by atoms with Crippen molar-refractivity contribution in [1.29, 1.82) is 0 Å². The van der Waals surface area contributed by atoms with E-state index in [1.807, 2.05) is 0 Å². The Kier molecular flexibility index (Phi) is 11.2. The molecule has 0 spiro atoms. The zero-order valence-electron chi connectivity index (χ0n) is 25.2. The van der Waals surface area contributed by atoms with Crippen LogP contribution in [0.4, 0.5) is 17.6 Å². The third-order valence-corrected chi connectivity index (χ3v) is 9.35. The Hall–Kier alpha value is -2.67. The third kappa shape index (κ3) is 8.32. The topological polar surface area (TPSA) is 99.4 Å². The van der Waals surface area contributed by atoms with Gasteiger partial charge in [0.1, 0.15) is 5.82 Å². The Morgan fingerprint density at radius 1 is 0.932 bits per heavy atom. The molecule has 242 valence electrons. The molecule has 1 amide bonds. The van der Waals surface area contributed by atoms with E-state index in [-0.39, 0.29) is 18.5 Å². The molecular weight excluding hydrogens is 574 g/mol. The predicted octanol–water partition coefficient (Wildman–Crippen LogP) is 5.20. The van der Waals surface area contributed by atoms with Crippen LogP contribution in [0.15, 0.2) is 36.7 Å². The minimum atomic E-state index is -4.40. The SMILES string of the molecule is NC(=O)Cc1ncc(CNC2NCN(C3CCCCCCCCC3)C(N3CCCC3c3ccc(C(F)(F)F)cc3)C2F)cn1. The van der Waals surface area contributed by atoms with Gasteiger partial charge in [0.05, 0.1) is 31.0 Å². The summed E-state index contributed by atoms with van der Waals surface area (Å²) in [5, 5.41) is 6.71. The van der Waals surface area contributed by atoms with Crippen molar-refractivity contribution < 1.29 is 22.4 Å². The Labute approximate surface area is 257 Å². The normalized spacial score (nSPS) is 26.9. The Balaban J connectivity index is 1.36. The summed E-state index contributed by atoms with van der Waals surface area (Å²) in [5.41, 5.74) is 6.11. The number of carbonyl (C=O) groups is 1. The molecule has 3 heterocycles.